The van der Waals surface area contributed by atoms with E-state index in [1.165, 1.54) is 38.5 Å². The molecule has 0 unspecified atom stereocenters. The lowest BCUT2D eigenvalue weighted by atomic mass is 10.1. The van der Waals surface area contributed by atoms with Crippen LogP contribution in [-0.2, 0) is 17.9 Å². The molecular formula is C16H28N2O. The Morgan fingerprint density at radius 2 is 1.79 bits per heavy atom. The minimum Gasteiger partial charge on any atom is -0.375 e. The van der Waals surface area contributed by atoms with Gasteiger partial charge >= 0.3 is 0 Å². The van der Waals surface area contributed by atoms with Gasteiger partial charge in [-0.2, -0.15) is 0 Å². The molecule has 0 saturated heterocycles. The molecule has 0 bridgehead atoms. The highest BCUT2D eigenvalue weighted by Gasteiger charge is 1.98. The summed E-state index contributed by atoms with van der Waals surface area (Å²) in [6.45, 7) is 4.54. The van der Waals surface area contributed by atoms with Crippen molar-refractivity contribution in [3.8, 4) is 0 Å². The number of aromatic nitrogens is 1. The minimum absolute atomic E-state index is 0.631. The lowest BCUT2D eigenvalue weighted by Crippen LogP contribution is -2.08. The smallest absolute Gasteiger partial charge is 0.0887 e. The van der Waals surface area contributed by atoms with Gasteiger partial charge in [0.15, 0.2) is 0 Å². The minimum atomic E-state index is 0.631. The second kappa shape index (κ2) is 10.9. The van der Waals surface area contributed by atoms with E-state index in [-0.39, 0.29) is 0 Å². The van der Waals surface area contributed by atoms with Crippen LogP contribution in [0.4, 0.5) is 0 Å². The maximum absolute atomic E-state index is 5.68. The van der Waals surface area contributed by atoms with Crippen molar-refractivity contribution in [2.75, 3.05) is 13.7 Å². The highest BCUT2D eigenvalue weighted by Crippen LogP contribution is 2.06. The van der Waals surface area contributed by atoms with Gasteiger partial charge in [0.25, 0.3) is 0 Å². The number of pyridine rings is 1. The molecule has 0 atom stereocenters. The molecule has 0 aromatic carbocycles. The Bertz CT molecular complexity index is 328. The highest BCUT2D eigenvalue weighted by molar-refractivity contribution is 5.10. The molecule has 1 rings (SSSR count). The van der Waals surface area contributed by atoms with E-state index in [0.29, 0.717) is 6.61 Å². The summed E-state index contributed by atoms with van der Waals surface area (Å²) >= 11 is 0. The lowest BCUT2D eigenvalue weighted by Gasteiger charge is -2.06. The summed E-state index contributed by atoms with van der Waals surface area (Å²) in [7, 11) is 1.93. The standard InChI is InChI=1S/C16H28N2O/c1-3-4-5-6-7-8-12-19-14-16-11-9-10-15(18-16)13-17-2/h9-11,17H,3-8,12-14H2,1-2H3. The van der Waals surface area contributed by atoms with Crippen LogP contribution >= 0.6 is 0 Å². The maximum atomic E-state index is 5.68. The fraction of sp³-hybridized carbons (Fsp3) is 0.688. The molecule has 0 saturated carbocycles. The van der Waals surface area contributed by atoms with Crippen molar-refractivity contribution in [2.45, 2.75) is 58.6 Å². The normalized spacial score (nSPS) is 10.8. The first-order chi connectivity index (χ1) is 9.36. The Morgan fingerprint density at radius 3 is 2.58 bits per heavy atom. The van der Waals surface area contributed by atoms with E-state index in [9.17, 15) is 0 Å². The van der Waals surface area contributed by atoms with Crippen LogP contribution in [0.1, 0.15) is 56.8 Å². The van der Waals surface area contributed by atoms with Crippen molar-refractivity contribution >= 4 is 0 Å². The van der Waals surface area contributed by atoms with Crippen molar-refractivity contribution in [2.24, 2.45) is 0 Å². The monoisotopic (exact) mass is 264 g/mol. The molecule has 3 nitrogen and oxygen atoms in total. The average Bonchev–Trinajstić information content (AvgIpc) is 2.43. The first-order valence-corrected chi connectivity index (χ1v) is 7.54. The van der Waals surface area contributed by atoms with Crippen LogP contribution in [-0.4, -0.2) is 18.6 Å². The van der Waals surface area contributed by atoms with E-state index in [1.807, 2.05) is 25.2 Å². The van der Waals surface area contributed by atoms with Crippen LogP contribution in [0.25, 0.3) is 0 Å². The van der Waals surface area contributed by atoms with Crippen LogP contribution < -0.4 is 5.32 Å². The number of nitrogens with one attached hydrogen (secondary N) is 1. The van der Waals surface area contributed by atoms with Gasteiger partial charge in [-0.15, -0.1) is 0 Å². The summed E-state index contributed by atoms with van der Waals surface area (Å²) in [5, 5.41) is 3.11. The van der Waals surface area contributed by atoms with Crippen LogP contribution in [0, 0.1) is 0 Å². The molecular weight excluding hydrogens is 236 g/mol. The zero-order valence-electron chi connectivity index (χ0n) is 12.5. The van der Waals surface area contributed by atoms with Crippen LogP contribution in [0.15, 0.2) is 18.2 Å². The zero-order valence-corrected chi connectivity index (χ0v) is 12.5. The number of unbranched alkanes of at least 4 members (excludes halogenated alkanes) is 5. The second-order valence-electron chi connectivity index (χ2n) is 4.97. The first kappa shape index (κ1) is 16.1. The van der Waals surface area contributed by atoms with Crippen LogP contribution in [0.2, 0.25) is 0 Å². The summed E-state index contributed by atoms with van der Waals surface area (Å²) in [5.74, 6) is 0. The van der Waals surface area contributed by atoms with E-state index in [0.717, 1.165) is 24.5 Å². The van der Waals surface area contributed by atoms with Gasteiger partial charge in [0.2, 0.25) is 0 Å². The van der Waals surface area contributed by atoms with Crippen molar-refractivity contribution in [3.63, 3.8) is 0 Å². The van der Waals surface area contributed by atoms with Gasteiger partial charge in [-0.25, -0.2) is 0 Å². The number of hydrogen-bond donors (Lipinski definition) is 1. The van der Waals surface area contributed by atoms with Gasteiger partial charge in [0.05, 0.1) is 18.0 Å². The molecule has 1 heterocycles. The zero-order chi connectivity index (χ0) is 13.8. The summed E-state index contributed by atoms with van der Waals surface area (Å²) < 4.78 is 5.68. The third-order valence-corrected chi connectivity index (χ3v) is 3.11. The van der Waals surface area contributed by atoms with Gasteiger partial charge in [-0.05, 0) is 25.6 Å². The van der Waals surface area contributed by atoms with E-state index in [1.54, 1.807) is 0 Å². The van der Waals surface area contributed by atoms with Crippen molar-refractivity contribution in [3.05, 3.63) is 29.6 Å². The quantitative estimate of drug-likeness (QED) is 0.619. The van der Waals surface area contributed by atoms with E-state index < -0.39 is 0 Å². The third kappa shape index (κ3) is 7.96. The fourth-order valence-corrected chi connectivity index (χ4v) is 2.05. The molecule has 108 valence electrons. The SMILES string of the molecule is CCCCCCCCOCc1cccc(CNC)n1. The van der Waals surface area contributed by atoms with Crippen molar-refractivity contribution < 1.29 is 4.74 Å². The van der Waals surface area contributed by atoms with Gasteiger partial charge in [-0.1, -0.05) is 45.1 Å². The predicted octanol–water partition coefficient (Wildman–Crippen LogP) is 3.68. The predicted molar refractivity (Wildman–Crippen MR) is 80.0 cm³/mol. The Kier molecular flexibility index (Phi) is 9.29. The van der Waals surface area contributed by atoms with Gasteiger partial charge in [0.1, 0.15) is 0 Å². The summed E-state index contributed by atoms with van der Waals surface area (Å²) in [5.41, 5.74) is 2.10. The van der Waals surface area contributed by atoms with Gasteiger partial charge < -0.3 is 10.1 Å². The van der Waals surface area contributed by atoms with E-state index in [2.05, 4.69) is 17.2 Å². The van der Waals surface area contributed by atoms with E-state index >= 15 is 0 Å². The van der Waals surface area contributed by atoms with E-state index in [4.69, 9.17) is 4.74 Å². The molecule has 0 aliphatic rings. The van der Waals surface area contributed by atoms with Crippen molar-refractivity contribution in [1.82, 2.24) is 10.3 Å². The number of rotatable bonds is 11. The molecule has 0 aliphatic heterocycles. The molecule has 1 aromatic heterocycles. The Balaban J connectivity index is 2.07. The number of hydrogen-bond acceptors (Lipinski definition) is 3. The molecule has 19 heavy (non-hydrogen) atoms. The second-order valence-corrected chi connectivity index (χ2v) is 4.97. The number of nitrogens with zero attached hydrogens (tertiary/aromatic N) is 1. The largest absolute Gasteiger partial charge is 0.375 e. The van der Waals surface area contributed by atoms with Crippen molar-refractivity contribution in [1.29, 1.82) is 0 Å². The van der Waals surface area contributed by atoms with Gasteiger partial charge in [0, 0.05) is 13.2 Å². The highest BCUT2D eigenvalue weighted by atomic mass is 16.5. The molecule has 0 radical (unpaired) electrons. The Morgan fingerprint density at radius 1 is 1.05 bits per heavy atom. The fourth-order valence-electron chi connectivity index (χ4n) is 2.05. The Labute approximate surface area is 117 Å². The topological polar surface area (TPSA) is 34.1 Å². The summed E-state index contributed by atoms with van der Waals surface area (Å²) in [6, 6.07) is 6.11. The summed E-state index contributed by atoms with van der Waals surface area (Å²) in [6.07, 6.45) is 7.83. The van der Waals surface area contributed by atoms with Crippen LogP contribution in [0.5, 0.6) is 0 Å². The number of ether oxygens (including phenoxy) is 1. The average molecular weight is 264 g/mol. The Hall–Kier alpha value is -0.930. The molecule has 0 fully saturated rings. The molecule has 0 amide bonds. The third-order valence-electron chi connectivity index (χ3n) is 3.11. The molecule has 0 spiro atoms. The molecule has 3 heteroatoms. The lowest BCUT2D eigenvalue weighted by molar-refractivity contribution is 0.114. The van der Waals surface area contributed by atoms with Gasteiger partial charge in [-0.3, -0.25) is 4.98 Å². The molecule has 0 aliphatic carbocycles. The molecule has 1 N–H and O–H groups in total. The maximum Gasteiger partial charge on any atom is 0.0887 e. The summed E-state index contributed by atoms with van der Waals surface area (Å²) in [4.78, 5) is 4.53. The molecule has 1 aromatic rings. The first-order valence-electron chi connectivity index (χ1n) is 7.54. The van der Waals surface area contributed by atoms with Crippen LogP contribution in [0.3, 0.4) is 0 Å².